The Morgan fingerprint density at radius 2 is 2.23 bits per heavy atom. The minimum Gasteiger partial charge on any atom is -0.385 e. The number of aliphatic hydroxyl groups is 1. The molecule has 0 bridgehead atoms. The largest absolute Gasteiger partial charge is 0.385 e. The highest BCUT2D eigenvalue weighted by Gasteiger charge is 2.43. The van der Waals surface area contributed by atoms with Gasteiger partial charge in [-0.15, -0.1) is 0 Å². The predicted octanol–water partition coefficient (Wildman–Crippen LogP) is 2.31. The van der Waals surface area contributed by atoms with Gasteiger partial charge in [0.2, 0.25) is 0 Å². The maximum atomic E-state index is 13.8. The van der Waals surface area contributed by atoms with Crippen LogP contribution in [-0.2, 0) is 11.3 Å². The number of nitrogens with one attached hydrogen (secondary N) is 1. The molecule has 1 fully saturated rings. The van der Waals surface area contributed by atoms with Crippen molar-refractivity contribution in [1.82, 2.24) is 24.8 Å². The number of benzene rings is 1. The molecular weight excluding hydrogens is 389 g/mol. The average molecular weight is 413 g/mol. The van der Waals surface area contributed by atoms with Crippen LogP contribution < -0.4 is 5.32 Å². The Kier molecular flexibility index (Phi) is 5.48. The maximum absolute atomic E-state index is 13.8. The van der Waals surface area contributed by atoms with Gasteiger partial charge in [-0.3, -0.25) is 9.78 Å². The summed E-state index contributed by atoms with van der Waals surface area (Å²) in [5, 5.41) is 14.3. The monoisotopic (exact) mass is 413 g/mol. The zero-order chi connectivity index (χ0) is 21.3. The van der Waals surface area contributed by atoms with E-state index < -0.39 is 23.4 Å². The number of aromatic nitrogens is 4. The van der Waals surface area contributed by atoms with E-state index in [1.54, 1.807) is 13.0 Å². The molecule has 158 valence electrons. The summed E-state index contributed by atoms with van der Waals surface area (Å²) >= 11 is 0. The van der Waals surface area contributed by atoms with E-state index in [0.717, 1.165) is 5.52 Å². The molecule has 4 rings (SSSR count). The lowest BCUT2D eigenvalue weighted by atomic mass is 9.87. The van der Waals surface area contributed by atoms with Crippen LogP contribution in [0, 0.1) is 12.7 Å². The van der Waals surface area contributed by atoms with Crippen molar-refractivity contribution < 1.29 is 19.0 Å². The van der Waals surface area contributed by atoms with Crippen molar-refractivity contribution in [3.8, 4) is 0 Å². The fourth-order valence-corrected chi connectivity index (χ4v) is 3.86. The van der Waals surface area contributed by atoms with Crippen LogP contribution in [0.4, 0.5) is 4.39 Å². The number of nitrogens with zero attached hydrogens (tertiary/aromatic N) is 4. The fourth-order valence-electron chi connectivity index (χ4n) is 3.86. The topological polar surface area (TPSA) is 102 Å². The smallest absolute Gasteiger partial charge is 0.272 e. The maximum Gasteiger partial charge on any atom is 0.272 e. The molecule has 8 nitrogen and oxygen atoms in total. The summed E-state index contributed by atoms with van der Waals surface area (Å²) in [6.45, 7) is 4.84. The second kappa shape index (κ2) is 8.08. The first-order valence-corrected chi connectivity index (χ1v) is 9.96. The Balaban J connectivity index is 1.78. The van der Waals surface area contributed by atoms with Crippen molar-refractivity contribution >= 4 is 16.9 Å². The molecule has 1 aliphatic heterocycles. The molecule has 2 N–H and O–H groups in total. The zero-order valence-electron chi connectivity index (χ0n) is 16.9. The molecule has 2 atom stereocenters. The average Bonchev–Trinajstić information content (AvgIpc) is 3.09. The van der Waals surface area contributed by atoms with E-state index in [4.69, 9.17) is 4.74 Å². The molecule has 3 aromatic rings. The second-order valence-electron chi connectivity index (χ2n) is 7.56. The molecule has 30 heavy (non-hydrogen) atoms. The van der Waals surface area contributed by atoms with Gasteiger partial charge in [0.05, 0.1) is 29.5 Å². The molecule has 2 aromatic heterocycles. The number of aryl methyl sites for hydroxylation is 2. The summed E-state index contributed by atoms with van der Waals surface area (Å²) in [5.74, 6) is -0.433. The minimum absolute atomic E-state index is 0.0544. The lowest BCUT2D eigenvalue weighted by molar-refractivity contribution is -0.107. The van der Waals surface area contributed by atoms with Crippen LogP contribution in [0.5, 0.6) is 0 Å². The van der Waals surface area contributed by atoms with E-state index in [9.17, 15) is 14.3 Å². The normalized spacial score (nSPS) is 20.3. The third kappa shape index (κ3) is 3.78. The number of carbonyl (C=O) groups excluding carboxylic acids is 1. The van der Waals surface area contributed by atoms with Crippen LogP contribution >= 0.6 is 0 Å². The molecule has 1 saturated heterocycles. The zero-order valence-corrected chi connectivity index (χ0v) is 16.9. The standard InChI is InChI=1S/C21H24FN5O3/c1-3-27-17-6-5-14(22)9-15(17)25-19(27)18(21(29)7-4-8-30-12-21)26-20(28)16-11-23-13(2)10-24-16/h5-6,9-11,18,29H,3-4,7-8,12H2,1-2H3,(H,26,28)/t18-,21+/m1/s1. The van der Waals surface area contributed by atoms with E-state index in [-0.39, 0.29) is 12.3 Å². The molecule has 9 heteroatoms. The molecule has 0 unspecified atom stereocenters. The van der Waals surface area contributed by atoms with Crippen molar-refractivity contribution in [3.05, 3.63) is 53.6 Å². The van der Waals surface area contributed by atoms with Gasteiger partial charge in [-0.2, -0.15) is 0 Å². The number of hydrogen-bond acceptors (Lipinski definition) is 6. The molecular formula is C21H24FN5O3. The van der Waals surface area contributed by atoms with Gasteiger partial charge in [-0.05, 0) is 38.8 Å². The molecule has 1 aliphatic rings. The van der Waals surface area contributed by atoms with Crippen molar-refractivity contribution in [2.75, 3.05) is 13.2 Å². The van der Waals surface area contributed by atoms with Crippen molar-refractivity contribution in [2.24, 2.45) is 0 Å². The highest BCUT2D eigenvalue weighted by atomic mass is 19.1. The summed E-state index contributed by atoms with van der Waals surface area (Å²) < 4.78 is 21.2. The first kappa shape index (κ1) is 20.4. The van der Waals surface area contributed by atoms with Crippen LogP contribution in [0.1, 0.15) is 47.8 Å². The van der Waals surface area contributed by atoms with Gasteiger partial charge in [0.25, 0.3) is 5.91 Å². The van der Waals surface area contributed by atoms with Crippen molar-refractivity contribution in [2.45, 2.75) is 44.9 Å². The number of carbonyl (C=O) groups is 1. The SMILES string of the molecule is CCn1c([C@@H](NC(=O)c2cnc(C)cn2)[C@]2(O)CCCOC2)nc2cc(F)ccc21. The molecule has 1 amide bonds. The van der Waals surface area contributed by atoms with Crippen LogP contribution in [0.2, 0.25) is 0 Å². The Bertz CT molecular complexity index is 1060. The van der Waals surface area contributed by atoms with E-state index in [1.165, 1.54) is 24.5 Å². The third-order valence-electron chi connectivity index (χ3n) is 5.39. The number of ether oxygens (including phenoxy) is 1. The molecule has 0 aliphatic carbocycles. The van der Waals surface area contributed by atoms with E-state index >= 15 is 0 Å². The Hall–Kier alpha value is -2.91. The summed E-state index contributed by atoms with van der Waals surface area (Å²) in [5.41, 5.74) is 0.650. The van der Waals surface area contributed by atoms with Crippen LogP contribution in [-0.4, -0.2) is 49.3 Å². The summed E-state index contributed by atoms with van der Waals surface area (Å²) in [4.78, 5) is 25.8. The third-order valence-corrected chi connectivity index (χ3v) is 5.39. The van der Waals surface area contributed by atoms with Gasteiger partial charge in [-0.1, -0.05) is 0 Å². The fraction of sp³-hybridized carbons (Fsp3) is 0.429. The van der Waals surface area contributed by atoms with Gasteiger partial charge in [0.1, 0.15) is 29.0 Å². The number of rotatable bonds is 5. The van der Waals surface area contributed by atoms with Crippen molar-refractivity contribution in [3.63, 3.8) is 0 Å². The Morgan fingerprint density at radius 1 is 1.40 bits per heavy atom. The van der Waals surface area contributed by atoms with E-state index in [2.05, 4.69) is 20.3 Å². The van der Waals surface area contributed by atoms with Gasteiger partial charge in [-0.25, -0.2) is 14.4 Å². The van der Waals surface area contributed by atoms with Gasteiger partial charge < -0.3 is 19.7 Å². The van der Waals surface area contributed by atoms with Crippen molar-refractivity contribution in [1.29, 1.82) is 0 Å². The van der Waals surface area contributed by atoms with E-state index in [1.807, 2.05) is 11.5 Å². The second-order valence-corrected chi connectivity index (χ2v) is 7.56. The Labute approximate surface area is 173 Å². The molecule has 0 radical (unpaired) electrons. The Morgan fingerprint density at radius 3 is 2.90 bits per heavy atom. The minimum atomic E-state index is -1.36. The van der Waals surface area contributed by atoms with Crippen LogP contribution in [0.3, 0.4) is 0 Å². The number of fused-ring (bicyclic) bond motifs is 1. The van der Waals surface area contributed by atoms with E-state index in [0.29, 0.717) is 43.0 Å². The molecule has 3 heterocycles. The molecule has 0 saturated carbocycles. The first-order chi connectivity index (χ1) is 14.4. The van der Waals surface area contributed by atoms with Gasteiger partial charge >= 0.3 is 0 Å². The quantitative estimate of drug-likeness (QED) is 0.666. The number of amides is 1. The van der Waals surface area contributed by atoms with Gasteiger partial charge in [0.15, 0.2) is 0 Å². The lowest BCUT2D eigenvalue weighted by Crippen LogP contribution is -2.52. The van der Waals surface area contributed by atoms with Gasteiger partial charge in [0, 0.05) is 25.4 Å². The summed E-state index contributed by atoms with van der Waals surface area (Å²) in [6.07, 6.45) is 3.97. The van der Waals surface area contributed by atoms with Crippen LogP contribution in [0.25, 0.3) is 11.0 Å². The summed E-state index contributed by atoms with van der Waals surface area (Å²) in [6, 6.07) is 3.49. The number of halogens is 1. The summed E-state index contributed by atoms with van der Waals surface area (Å²) in [7, 11) is 0. The first-order valence-electron chi connectivity index (χ1n) is 9.96. The molecule has 1 aromatic carbocycles. The highest BCUT2D eigenvalue weighted by Crippen LogP contribution is 2.34. The predicted molar refractivity (Wildman–Crippen MR) is 107 cm³/mol. The number of imidazole rings is 1. The number of hydrogen-bond donors (Lipinski definition) is 2. The lowest BCUT2D eigenvalue weighted by Gasteiger charge is -2.38. The molecule has 0 spiro atoms. The highest BCUT2D eigenvalue weighted by molar-refractivity contribution is 5.92. The van der Waals surface area contributed by atoms with Crippen LogP contribution in [0.15, 0.2) is 30.6 Å².